The first-order valence-corrected chi connectivity index (χ1v) is 13.5. The minimum Gasteiger partial charge on any atom is -0.508 e. The lowest BCUT2D eigenvalue weighted by Crippen LogP contribution is -2.55. The van der Waals surface area contributed by atoms with Gasteiger partial charge >= 0.3 is 6.03 Å². The number of aryl methyl sites for hydroxylation is 1. The molecule has 4 rings (SSSR count). The summed E-state index contributed by atoms with van der Waals surface area (Å²) >= 11 is 0. The second kappa shape index (κ2) is 12.6. The van der Waals surface area contributed by atoms with E-state index in [-0.39, 0.29) is 24.0 Å². The Bertz CT molecular complexity index is 1120. The molecule has 2 aromatic carbocycles. The predicted molar refractivity (Wildman–Crippen MR) is 143 cm³/mol. The Morgan fingerprint density at radius 2 is 1.67 bits per heavy atom. The van der Waals surface area contributed by atoms with Gasteiger partial charge in [0.15, 0.2) is 0 Å². The fourth-order valence-corrected chi connectivity index (χ4v) is 5.56. The lowest BCUT2D eigenvalue weighted by atomic mass is 9.88. The van der Waals surface area contributed by atoms with Crippen LogP contribution in [-0.2, 0) is 17.6 Å². The van der Waals surface area contributed by atoms with E-state index in [1.165, 1.54) is 0 Å². The van der Waals surface area contributed by atoms with Gasteiger partial charge in [-0.3, -0.25) is 0 Å². The van der Waals surface area contributed by atoms with Crippen LogP contribution in [0.1, 0.15) is 59.6 Å². The molecule has 0 aromatic heterocycles. The smallest absolute Gasteiger partial charge is 0.315 e. The van der Waals surface area contributed by atoms with Gasteiger partial charge < -0.3 is 46.0 Å². The number of rotatable bonds is 9. The number of hydrogen-bond donors (Lipinski definition) is 8. The summed E-state index contributed by atoms with van der Waals surface area (Å²) in [5.74, 6) is -0.106. The number of amides is 2. The molecule has 1 aliphatic carbocycles. The van der Waals surface area contributed by atoms with Gasteiger partial charge in [-0.2, -0.15) is 0 Å². The van der Waals surface area contributed by atoms with E-state index in [1.807, 2.05) is 31.2 Å². The first-order valence-electron chi connectivity index (χ1n) is 13.5. The maximum absolute atomic E-state index is 12.3. The zero-order valence-corrected chi connectivity index (χ0v) is 22.2. The van der Waals surface area contributed by atoms with E-state index in [1.54, 1.807) is 12.1 Å². The van der Waals surface area contributed by atoms with Crippen LogP contribution >= 0.6 is 0 Å². The number of phenols is 1. The number of urea groups is 1. The Labute approximate surface area is 228 Å². The van der Waals surface area contributed by atoms with Crippen LogP contribution < -0.4 is 10.6 Å². The molecule has 8 N–H and O–H groups in total. The molecular formula is C29H40N2O8. The zero-order valence-electron chi connectivity index (χ0n) is 22.2. The van der Waals surface area contributed by atoms with Gasteiger partial charge in [-0.25, -0.2) is 4.79 Å². The number of ether oxygens (including phenoxy) is 1. The topological polar surface area (TPSA) is 172 Å². The van der Waals surface area contributed by atoms with Crippen LogP contribution in [-0.4, -0.2) is 86.4 Å². The summed E-state index contributed by atoms with van der Waals surface area (Å²) in [7, 11) is 0. The largest absolute Gasteiger partial charge is 0.508 e. The molecule has 2 fully saturated rings. The third-order valence-electron chi connectivity index (χ3n) is 8.04. The molecule has 10 nitrogen and oxygen atoms in total. The van der Waals surface area contributed by atoms with Gasteiger partial charge in [0.05, 0.1) is 18.8 Å². The fourth-order valence-electron chi connectivity index (χ4n) is 5.56. The third-order valence-corrected chi connectivity index (χ3v) is 8.04. The monoisotopic (exact) mass is 544 g/mol. The molecule has 1 aliphatic heterocycles. The number of aromatic hydroxyl groups is 1. The van der Waals surface area contributed by atoms with Crippen LogP contribution in [0.2, 0.25) is 0 Å². The highest BCUT2D eigenvalue weighted by Gasteiger charge is 2.44. The van der Waals surface area contributed by atoms with Crippen molar-refractivity contribution >= 4 is 6.03 Å². The number of hydrogen-bond acceptors (Lipinski definition) is 8. The lowest BCUT2D eigenvalue weighted by Gasteiger charge is -2.40. The van der Waals surface area contributed by atoms with Crippen LogP contribution in [0.5, 0.6) is 5.75 Å². The highest BCUT2D eigenvalue weighted by molar-refractivity contribution is 5.74. The standard InChI is InChI=1S/C29H40N2O8/c1-17-12-22(34)21(27-26(37)25(36)24(35)23(15-32)39-27)14-20(17)13-19-6-4-18(5-7-19)8-11-30-28(38)31-29(16-33)9-2-3-10-29/h4-7,12,14,23-27,32-37H,2-3,8-11,13,15-16H2,1H3,(H2,30,31,38)/t23-,24-,25+,26-,27+/m1/s1. The Kier molecular flexibility index (Phi) is 9.47. The lowest BCUT2D eigenvalue weighted by molar-refractivity contribution is -0.232. The van der Waals surface area contributed by atoms with Gasteiger partial charge in [-0.15, -0.1) is 0 Å². The predicted octanol–water partition coefficient (Wildman–Crippen LogP) is 0.953. The van der Waals surface area contributed by atoms with Gasteiger partial charge in [-0.05, 0) is 67.0 Å². The van der Waals surface area contributed by atoms with E-state index < -0.39 is 42.7 Å². The molecule has 1 saturated carbocycles. The van der Waals surface area contributed by atoms with Crippen molar-refractivity contribution in [1.29, 1.82) is 0 Å². The van der Waals surface area contributed by atoms with E-state index in [9.17, 15) is 35.4 Å². The zero-order chi connectivity index (χ0) is 28.2. The van der Waals surface area contributed by atoms with Crippen molar-refractivity contribution in [2.24, 2.45) is 0 Å². The summed E-state index contributed by atoms with van der Waals surface area (Å²) < 4.78 is 5.64. The third kappa shape index (κ3) is 6.71. The summed E-state index contributed by atoms with van der Waals surface area (Å²) in [6.45, 7) is 1.74. The molecule has 214 valence electrons. The number of benzene rings is 2. The molecule has 0 spiro atoms. The van der Waals surface area contributed by atoms with E-state index in [4.69, 9.17) is 4.74 Å². The molecule has 0 radical (unpaired) electrons. The first-order chi connectivity index (χ1) is 18.7. The summed E-state index contributed by atoms with van der Waals surface area (Å²) in [6, 6.07) is 11.0. The molecule has 2 aliphatic rings. The summed E-state index contributed by atoms with van der Waals surface area (Å²) in [5.41, 5.74) is 3.57. The highest BCUT2D eigenvalue weighted by atomic mass is 16.5. The van der Waals surface area contributed by atoms with Gasteiger partial charge in [0.2, 0.25) is 0 Å². The van der Waals surface area contributed by atoms with E-state index in [2.05, 4.69) is 10.6 Å². The van der Waals surface area contributed by atoms with Crippen LogP contribution in [0, 0.1) is 6.92 Å². The quantitative estimate of drug-likeness (QED) is 0.231. The molecule has 0 bridgehead atoms. The van der Waals surface area contributed by atoms with Crippen molar-refractivity contribution in [3.05, 3.63) is 64.2 Å². The van der Waals surface area contributed by atoms with E-state index in [0.29, 0.717) is 19.4 Å². The van der Waals surface area contributed by atoms with Gasteiger partial charge in [0.1, 0.15) is 36.3 Å². The average molecular weight is 545 g/mol. The summed E-state index contributed by atoms with van der Waals surface area (Å²) in [4.78, 5) is 12.3. The number of aliphatic hydroxyl groups is 5. The number of phenolic OH excluding ortho intramolecular Hbond substituents is 1. The molecule has 2 aromatic rings. The van der Waals surface area contributed by atoms with Crippen molar-refractivity contribution in [3.63, 3.8) is 0 Å². The Hall–Kier alpha value is -2.73. The second-order valence-electron chi connectivity index (χ2n) is 10.9. The van der Waals surface area contributed by atoms with Gasteiger partial charge in [-0.1, -0.05) is 37.1 Å². The van der Waals surface area contributed by atoms with Crippen molar-refractivity contribution in [1.82, 2.24) is 10.6 Å². The molecule has 0 unspecified atom stereocenters. The van der Waals surface area contributed by atoms with E-state index in [0.717, 1.165) is 47.9 Å². The van der Waals surface area contributed by atoms with Crippen LogP contribution in [0.3, 0.4) is 0 Å². The van der Waals surface area contributed by atoms with Gasteiger partial charge in [0.25, 0.3) is 0 Å². The second-order valence-corrected chi connectivity index (χ2v) is 10.9. The normalized spacial score (nSPS) is 26.4. The number of carbonyl (C=O) groups excluding carboxylic acids is 1. The van der Waals surface area contributed by atoms with Crippen LogP contribution in [0.25, 0.3) is 0 Å². The molecule has 1 heterocycles. The van der Waals surface area contributed by atoms with Crippen LogP contribution in [0.4, 0.5) is 4.79 Å². The van der Waals surface area contributed by atoms with E-state index >= 15 is 0 Å². The Morgan fingerprint density at radius 3 is 2.31 bits per heavy atom. The Balaban J connectivity index is 1.37. The molecule has 2 amide bonds. The highest BCUT2D eigenvalue weighted by Crippen LogP contribution is 2.38. The average Bonchev–Trinajstić information content (AvgIpc) is 3.39. The first kappa shape index (κ1) is 29.3. The minimum absolute atomic E-state index is 0.0492. The van der Waals surface area contributed by atoms with Crippen molar-refractivity contribution in [3.8, 4) is 5.75 Å². The maximum atomic E-state index is 12.3. The summed E-state index contributed by atoms with van der Waals surface area (Å²) in [5, 5.41) is 66.3. The van der Waals surface area contributed by atoms with Gasteiger partial charge in [0, 0.05) is 12.1 Å². The molecule has 1 saturated heterocycles. The van der Waals surface area contributed by atoms with Crippen molar-refractivity contribution in [2.75, 3.05) is 19.8 Å². The molecular weight excluding hydrogens is 504 g/mol. The number of carbonyl (C=O) groups is 1. The van der Waals surface area contributed by atoms with Crippen molar-refractivity contribution in [2.45, 2.75) is 81.5 Å². The molecule has 5 atom stereocenters. The SMILES string of the molecule is Cc1cc(O)c([C@@H]2O[C@H](CO)[C@@H](O)[C@H](O)[C@H]2O)cc1Cc1ccc(CCNC(=O)NC2(CO)CCCC2)cc1. The minimum atomic E-state index is -1.53. The van der Waals surface area contributed by atoms with Crippen molar-refractivity contribution < 1.29 is 40.2 Å². The Morgan fingerprint density at radius 1 is 1.00 bits per heavy atom. The summed E-state index contributed by atoms with van der Waals surface area (Å²) in [6.07, 6.45) is -1.87. The number of aliphatic hydroxyl groups excluding tert-OH is 5. The number of nitrogens with one attached hydrogen (secondary N) is 2. The molecule has 39 heavy (non-hydrogen) atoms. The fraction of sp³-hybridized carbons (Fsp3) is 0.552. The maximum Gasteiger partial charge on any atom is 0.315 e. The molecule has 10 heteroatoms. The van der Waals surface area contributed by atoms with Crippen LogP contribution in [0.15, 0.2) is 36.4 Å².